The van der Waals surface area contributed by atoms with Crippen LogP contribution in [0, 0.1) is 5.92 Å². The summed E-state index contributed by atoms with van der Waals surface area (Å²) in [5.74, 6) is 2.17. The topological polar surface area (TPSA) is 39.4 Å². The Labute approximate surface area is 138 Å². The zero-order chi connectivity index (χ0) is 15.5. The Bertz CT molecular complexity index is 714. The molecule has 2 aromatic rings. The normalized spacial score (nSPS) is 14.5. The van der Waals surface area contributed by atoms with E-state index in [-0.39, 0.29) is 18.3 Å². The van der Waals surface area contributed by atoms with Gasteiger partial charge in [-0.1, -0.05) is 23.2 Å². The second kappa shape index (κ2) is 6.59. The minimum atomic E-state index is 0.167. The Kier molecular flexibility index (Phi) is 4.55. The van der Waals surface area contributed by atoms with Gasteiger partial charge in [0.25, 0.3) is 0 Å². The fraction of sp³-hybridized carbons (Fsp3) is 0.235. The number of carbonyl (C=O) groups excluding carboxylic acids is 1. The molecule has 5 heteroatoms. The molecule has 1 aliphatic rings. The molecule has 1 aromatic carbocycles. The summed E-state index contributed by atoms with van der Waals surface area (Å²) in [4.78, 5) is 11.6. The number of rotatable bonds is 6. The van der Waals surface area contributed by atoms with Crippen LogP contribution in [0.25, 0.3) is 6.08 Å². The lowest BCUT2D eigenvalue weighted by Crippen LogP contribution is -1.94. The summed E-state index contributed by atoms with van der Waals surface area (Å²) in [6, 6.07) is 8.64. The Balaban J connectivity index is 1.59. The molecule has 3 rings (SSSR count). The van der Waals surface area contributed by atoms with Crippen molar-refractivity contribution >= 4 is 35.1 Å². The maximum atomic E-state index is 11.6. The summed E-state index contributed by atoms with van der Waals surface area (Å²) < 4.78 is 11.2. The summed E-state index contributed by atoms with van der Waals surface area (Å²) in [5, 5.41) is 1.05. The molecule has 0 spiro atoms. The smallest absolute Gasteiger partial charge is 0.158 e. The number of furan rings is 1. The fourth-order valence-electron chi connectivity index (χ4n) is 1.97. The lowest BCUT2D eigenvalue weighted by Gasteiger charge is -2.06. The summed E-state index contributed by atoms with van der Waals surface area (Å²) in [6.45, 7) is 0.241. The van der Waals surface area contributed by atoms with Gasteiger partial charge in [0.1, 0.15) is 23.9 Å². The van der Waals surface area contributed by atoms with Gasteiger partial charge in [0, 0.05) is 17.0 Å². The molecule has 0 saturated heterocycles. The number of carbonyl (C=O) groups is 1. The lowest BCUT2D eigenvalue weighted by atomic mass is 10.2. The Hall–Kier alpha value is -1.71. The number of halogens is 2. The summed E-state index contributed by atoms with van der Waals surface area (Å²) in [5.41, 5.74) is 0. The van der Waals surface area contributed by atoms with Gasteiger partial charge in [-0.05, 0) is 49.3 Å². The zero-order valence-corrected chi connectivity index (χ0v) is 13.2. The van der Waals surface area contributed by atoms with Crippen molar-refractivity contribution in [2.24, 2.45) is 5.92 Å². The molecule has 1 saturated carbocycles. The van der Waals surface area contributed by atoms with E-state index in [0.29, 0.717) is 27.3 Å². The maximum absolute atomic E-state index is 11.6. The van der Waals surface area contributed by atoms with Crippen LogP contribution in [0.15, 0.2) is 40.8 Å². The van der Waals surface area contributed by atoms with Crippen LogP contribution >= 0.6 is 23.2 Å². The van der Waals surface area contributed by atoms with Crippen molar-refractivity contribution in [3.63, 3.8) is 0 Å². The Morgan fingerprint density at radius 3 is 2.86 bits per heavy atom. The van der Waals surface area contributed by atoms with Crippen LogP contribution in [0.2, 0.25) is 10.0 Å². The first kappa shape index (κ1) is 15.2. The number of hydrogen-bond donors (Lipinski definition) is 0. The predicted octanol–water partition coefficient (Wildman–Crippen LogP) is 5.16. The van der Waals surface area contributed by atoms with Gasteiger partial charge >= 0.3 is 0 Å². The summed E-state index contributed by atoms with van der Waals surface area (Å²) in [6.07, 6.45) is 5.27. The quantitative estimate of drug-likeness (QED) is 0.684. The molecule has 1 aromatic heterocycles. The third-order valence-corrected chi connectivity index (χ3v) is 3.88. The average molecular weight is 337 g/mol. The van der Waals surface area contributed by atoms with Crippen molar-refractivity contribution in [1.82, 2.24) is 0 Å². The lowest BCUT2D eigenvalue weighted by molar-refractivity contribution is -0.115. The molecule has 0 bridgehead atoms. The second-order valence-corrected chi connectivity index (χ2v) is 6.02. The van der Waals surface area contributed by atoms with Gasteiger partial charge in [0.15, 0.2) is 5.78 Å². The molecule has 1 aliphatic carbocycles. The SMILES string of the molecule is O=C(/C=C/c1ccc(COc2cc(Cl)ccc2Cl)o1)C1CC1. The first-order valence-corrected chi connectivity index (χ1v) is 7.76. The molecule has 1 heterocycles. The monoisotopic (exact) mass is 336 g/mol. The highest BCUT2D eigenvalue weighted by Gasteiger charge is 2.27. The van der Waals surface area contributed by atoms with E-state index in [4.69, 9.17) is 32.4 Å². The largest absolute Gasteiger partial charge is 0.484 e. The van der Waals surface area contributed by atoms with Gasteiger partial charge in [-0.15, -0.1) is 0 Å². The Morgan fingerprint density at radius 1 is 1.27 bits per heavy atom. The number of hydrogen-bond acceptors (Lipinski definition) is 3. The van der Waals surface area contributed by atoms with Gasteiger partial charge in [-0.25, -0.2) is 0 Å². The van der Waals surface area contributed by atoms with Gasteiger partial charge < -0.3 is 9.15 Å². The molecule has 0 aliphatic heterocycles. The van der Waals surface area contributed by atoms with Crippen LogP contribution < -0.4 is 4.74 Å². The zero-order valence-electron chi connectivity index (χ0n) is 11.7. The van der Waals surface area contributed by atoms with Crippen LogP contribution in [-0.4, -0.2) is 5.78 Å². The van der Waals surface area contributed by atoms with Crippen molar-refractivity contribution in [2.45, 2.75) is 19.4 Å². The van der Waals surface area contributed by atoms with E-state index in [1.165, 1.54) is 0 Å². The molecule has 1 fully saturated rings. The van der Waals surface area contributed by atoms with Crippen molar-refractivity contribution in [1.29, 1.82) is 0 Å². The number of benzene rings is 1. The highest BCUT2D eigenvalue weighted by atomic mass is 35.5. The number of allylic oxidation sites excluding steroid dienone is 1. The van der Waals surface area contributed by atoms with Crippen molar-refractivity contribution in [3.05, 3.63) is 58.0 Å². The molecule has 0 atom stereocenters. The molecule has 114 valence electrons. The summed E-state index contributed by atoms with van der Waals surface area (Å²) >= 11 is 11.9. The van der Waals surface area contributed by atoms with Gasteiger partial charge in [-0.2, -0.15) is 0 Å². The second-order valence-electron chi connectivity index (χ2n) is 5.18. The van der Waals surface area contributed by atoms with E-state index in [0.717, 1.165) is 12.8 Å². The number of ether oxygens (including phenoxy) is 1. The average Bonchev–Trinajstić information content (AvgIpc) is 3.26. The molecule has 22 heavy (non-hydrogen) atoms. The Morgan fingerprint density at radius 2 is 2.09 bits per heavy atom. The van der Waals surface area contributed by atoms with Crippen LogP contribution in [0.3, 0.4) is 0 Å². The standard InChI is InChI=1S/C17H14Cl2O3/c18-12-3-7-15(19)17(9-12)21-10-14-5-4-13(22-14)6-8-16(20)11-1-2-11/h3-9,11H,1-2,10H2/b8-6+. The van der Waals surface area contributed by atoms with Crippen molar-refractivity contribution < 1.29 is 13.9 Å². The van der Waals surface area contributed by atoms with Crippen LogP contribution in [0.4, 0.5) is 0 Å². The number of ketones is 1. The van der Waals surface area contributed by atoms with Crippen LogP contribution in [-0.2, 0) is 11.4 Å². The minimum Gasteiger partial charge on any atom is -0.484 e. The molecule has 0 amide bonds. The van der Waals surface area contributed by atoms with E-state index in [2.05, 4.69) is 0 Å². The molecule has 0 radical (unpaired) electrons. The molecule has 3 nitrogen and oxygen atoms in total. The van der Waals surface area contributed by atoms with Crippen LogP contribution in [0.1, 0.15) is 24.4 Å². The molecular formula is C17H14Cl2O3. The highest BCUT2D eigenvalue weighted by Crippen LogP contribution is 2.30. The highest BCUT2D eigenvalue weighted by molar-refractivity contribution is 6.34. The van der Waals surface area contributed by atoms with E-state index in [1.54, 1.807) is 42.5 Å². The molecule has 0 unspecified atom stereocenters. The third kappa shape index (κ3) is 3.93. The van der Waals surface area contributed by atoms with E-state index in [1.807, 2.05) is 0 Å². The first-order valence-electron chi connectivity index (χ1n) is 7.00. The summed E-state index contributed by atoms with van der Waals surface area (Å²) in [7, 11) is 0. The van der Waals surface area contributed by atoms with E-state index in [9.17, 15) is 4.79 Å². The van der Waals surface area contributed by atoms with E-state index < -0.39 is 0 Å². The van der Waals surface area contributed by atoms with Gasteiger partial charge in [0.05, 0.1) is 5.02 Å². The van der Waals surface area contributed by atoms with E-state index >= 15 is 0 Å². The fourth-order valence-corrected chi connectivity index (χ4v) is 2.30. The first-order chi connectivity index (χ1) is 10.6. The third-order valence-electron chi connectivity index (χ3n) is 3.34. The minimum absolute atomic E-state index is 0.167. The van der Waals surface area contributed by atoms with Crippen molar-refractivity contribution in [3.8, 4) is 5.75 Å². The van der Waals surface area contributed by atoms with Crippen LogP contribution in [0.5, 0.6) is 5.75 Å². The maximum Gasteiger partial charge on any atom is 0.158 e. The van der Waals surface area contributed by atoms with Gasteiger partial charge in [-0.3, -0.25) is 4.79 Å². The molecular weight excluding hydrogens is 323 g/mol. The predicted molar refractivity (Wildman–Crippen MR) is 86.3 cm³/mol. The van der Waals surface area contributed by atoms with Gasteiger partial charge in [0.2, 0.25) is 0 Å². The molecule has 0 N–H and O–H groups in total. The van der Waals surface area contributed by atoms with Crippen molar-refractivity contribution in [2.75, 3.05) is 0 Å².